The molecule has 1 rings (SSSR count). The van der Waals surface area contributed by atoms with Crippen molar-refractivity contribution in [2.75, 3.05) is 6.61 Å². The quantitative estimate of drug-likeness (QED) is 0.730. The number of carbonyl (C=O) groups excluding carboxylic acids is 1. The van der Waals surface area contributed by atoms with Gasteiger partial charge >= 0.3 is 11.9 Å². The zero-order valence-electron chi connectivity index (χ0n) is 9.44. The first kappa shape index (κ1) is 15.0. The summed E-state index contributed by atoms with van der Waals surface area (Å²) in [7, 11) is 0. The van der Waals surface area contributed by atoms with Crippen LogP contribution in [0.25, 0.3) is 0 Å². The Morgan fingerprint density at radius 2 is 2.00 bits per heavy atom. The average molecular weight is 277 g/mol. The van der Waals surface area contributed by atoms with Crippen molar-refractivity contribution in [1.82, 2.24) is 5.32 Å². The van der Waals surface area contributed by atoms with E-state index in [4.69, 9.17) is 10.2 Å². The first-order valence-electron chi connectivity index (χ1n) is 5.07. The molecule has 0 radical (unpaired) electrons. The standard InChI is InChI=1S/C11H10F3NO4/c12-7-3-1-2-6(4-7)11(13,14)10(19)15-8(5-16)9(17)18/h1-4,8,16H,5H2,(H,15,19)(H,17,18). The van der Waals surface area contributed by atoms with Gasteiger partial charge in [0, 0.05) is 5.56 Å². The molecular formula is C11H10F3NO4. The van der Waals surface area contributed by atoms with E-state index in [2.05, 4.69) is 0 Å². The van der Waals surface area contributed by atoms with Gasteiger partial charge in [-0.15, -0.1) is 0 Å². The molecule has 8 heteroatoms. The van der Waals surface area contributed by atoms with E-state index < -0.39 is 41.8 Å². The minimum Gasteiger partial charge on any atom is -0.480 e. The molecule has 104 valence electrons. The molecule has 0 heterocycles. The lowest BCUT2D eigenvalue weighted by atomic mass is 10.1. The van der Waals surface area contributed by atoms with E-state index in [-0.39, 0.29) is 0 Å². The zero-order chi connectivity index (χ0) is 14.6. The Labute approximate surface area is 105 Å². The van der Waals surface area contributed by atoms with Gasteiger partial charge in [0.05, 0.1) is 6.61 Å². The smallest absolute Gasteiger partial charge is 0.349 e. The number of carboxylic acid groups (broad SMARTS) is 1. The van der Waals surface area contributed by atoms with Crippen molar-refractivity contribution in [3.63, 3.8) is 0 Å². The number of amides is 1. The maximum atomic E-state index is 13.6. The van der Waals surface area contributed by atoms with E-state index in [0.717, 1.165) is 18.2 Å². The van der Waals surface area contributed by atoms with Gasteiger partial charge in [-0.05, 0) is 12.1 Å². The molecule has 5 nitrogen and oxygen atoms in total. The van der Waals surface area contributed by atoms with Crippen molar-refractivity contribution < 1.29 is 33.0 Å². The summed E-state index contributed by atoms with van der Waals surface area (Å²) >= 11 is 0. The Kier molecular flexibility index (Phi) is 4.49. The van der Waals surface area contributed by atoms with Crippen LogP contribution in [0.5, 0.6) is 0 Å². The van der Waals surface area contributed by atoms with Crippen LogP contribution in [-0.4, -0.2) is 34.7 Å². The maximum absolute atomic E-state index is 13.6. The topological polar surface area (TPSA) is 86.6 Å². The van der Waals surface area contributed by atoms with Gasteiger partial charge in [-0.3, -0.25) is 4.79 Å². The second-order valence-corrected chi connectivity index (χ2v) is 3.63. The summed E-state index contributed by atoms with van der Waals surface area (Å²) < 4.78 is 40.1. The lowest BCUT2D eigenvalue weighted by molar-refractivity contribution is -0.153. The third-order valence-corrected chi connectivity index (χ3v) is 2.26. The number of aliphatic hydroxyl groups is 1. The van der Waals surface area contributed by atoms with Crippen LogP contribution < -0.4 is 5.32 Å². The number of carbonyl (C=O) groups is 2. The molecule has 0 saturated heterocycles. The van der Waals surface area contributed by atoms with Crippen molar-refractivity contribution >= 4 is 11.9 Å². The van der Waals surface area contributed by atoms with E-state index >= 15 is 0 Å². The number of nitrogens with one attached hydrogen (secondary N) is 1. The van der Waals surface area contributed by atoms with Gasteiger partial charge in [0.15, 0.2) is 6.04 Å². The van der Waals surface area contributed by atoms with Crippen LogP contribution in [0.3, 0.4) is 0 Å². The SMILES string of the molecule is O=C(O)C(CO)NC(=O)C(F)(F)c1cccc(F)c1. The lowest BCUT2D eigenvalue weighted by Gasteiger charge is -2.19. The van der Waals surface area contributed by atoms with Crippen molar-refractivity contribution in [2.24, 2.45) is 0 Å². The first-order chi connectivity index (χ1) is 8.78. The number of hydrogen-bond acceptors (Lipinski definition) is 3. The van der Waals surface area contributed by atoms with Gasteiger partial charge in [0.1, 0.15) is 5.82 Å². The molecule has 1 aromatic rings. The van der Waals surface area contributed by atoms with Crippen molar-refractivity contribution in [3.05, 3.63) is 35.6 Å². The molecule has 0 spiro atoms. The molecule has 0 aliphatic carbocycles. The normalized spacial score (nSPS) is 12.8. The zero-order valence-corrected chi connectivity index (χ0v) is 9.44. The highest BCUT2D eigenvalue weighted by molar-refractivity contribution is 5.88. The van der Waals surface area contributed by atoms with Gasteiger partial charge in [0.25, 0.3) is 5.91 Å². The molecule has 19 heavy (non-hydrogen) atoms. The Hall–Kier alpha value is -2.09. The van der Waals surface area contributed by atoms with Crippen molar-refractivity contribution in [2.45, 2.75) is 12.0 Å². The number of benzene rings is 1. The second-order valence-electron chi connectivity index (χ2n) is 3.63. The van der Waals surface area contributed by atoms with Crippen LogP contribution in [0.15, 0.2) is 24.3 Å². The Balaban J connectivity index is 2.93. The summed E-state index contributed by atoms with van der Waals surface area (Å²) in [4.78, 5) is 21.8. The Morgan fingerprint density at radius 1 is 1.37 bits per heavy atom. The average Bonchev–Trinajstić information content (AvgIpc) is 2.35. The van der Waals surface area contributed by atoms with E-state index in [9.17, 15) is 22.8 Å². The summed E-state index contributed by atoms with van der Waals surface area (Å²) in [6.07, 6.45) is 0. The number of rotatable bonds is 5. The van der Waals surface area contributed by atoms with E-state index in [1.165, 1.54) is 5.32 Å². The van der Waals surface area contributed by atoms with Gasteiger partial charge < -0.3 is 15.5 Å². The molecule has 0 aliphatic heterocycles. The second kappa shape index (κ2) is 5.70. The number of aliphatic carboxylic acids is 1. The molecule has 1 atom stereocenters. The van der Waals surface area contributed by atoms with Crippen LogP contribution in [0.1, 0.15) is 5.56 Å². The van der Waals surface area contributed by atoms with Crippen LogP contribution in [0, 0.1) is 5.82 Å². The van der Waals surface area contributed by atoms with Gasteiger partial charge in [0.2, 0.25) is 0 Å². The highest BCUT2D eigenvalue weighted by atomic mass is 19.3. The first-order valence-corrected chi connectivity index (χ1v) is 5.07. The lowest BCUT2D eigenvalue weighted by Crippen LogP contribution is -2.49. The number of alkyl halides is 2. The third kappa shape index (κ3) is 3.44. The molecule has 1 amide bonds. The fourth-order valence-electron chi connectivity index (χ4n) is 1.25. The predicted molar refractivity (Wildman–Crippen MR) is 56.9 cm³/mol. The van der Waals surface area contributed by atoms with Crippen LogP contribution >= 0.6 is 0 Å². The Morgan fingerprint density at radius 3 is 2.47 bits per heavy atom. The van der Waals surface area contributed by atoms with Crippen LogP contribution in [-0.2, 0) is 15.5 Å². The molecule has 0 fully saturated rings. The number of halogens is 3. The molecule has 0 saturated carbocycles. The van der Waals surface area contributed by atoms with Gasteiger partial charge in [-0.25, -0.2) is 9.18 Å². The maximum Gasteiger partial charge on any atom is 0.349 e. The summed E-state index contributed by atoms with van der Waals surface area (Å²) in [5, 5.41) is 18.6. The summed E-state index contributed by atoms with van der Waals surface area (Å²) in [5.41, 5.74) is -0.910. The molecule has 0 aromatic heterocycles. The van der Waals surface area contributed by atoms with Crippen LogP contribution in [0.2, 0.25) is 0 Å². The highest BCUT2D eigenvalue weighted by Gasteiger charge is 2.42. The highest BCUT2D eigenvalue weighted by Crippen LogP contribution is 2.28. The molecule has 1 unspecified atom stereocenters. The fourth-order valence-corrected chi connectivity index (χ4v) is 1.25. The summed E-state index contributed by atoms with van der Waals surface area (Å²) in [6, 6.07) is 1.36. The van der Waals surface area contributed by atoms with Gasteiger partial charge in [-0.1, -0.05) is 12.1 Å². The number of carboxylic acids is 1. The summed E-state index contributed by atoms with van der Waals surface area (Å²) in [5.74, 6) is -8.65. The Bertz CT molecular complexity index is 493. The number of hydrogen-bond donors (Lipinski definition) is 3. The van der Waals surface area contributed by atoms with E-state index in [0.29, 0.717) is 6.07 Å². The predicted octanol–water partition coefficient (Wildman–Crippen LogP) is 0.479. The van der Waals surface area contributed by atoms with E-state index in [1.54, 1.807) is 0 Å². The minimum absolute atomic E-state index is 0.467. The molecule has 3 N–H and O–H groups in total. The van der Waals surface area contributed by atoms with Gasteiger partial charge in [-0.2, -0.15) is 8.78 Å². The van der Waals surface area contributed by atoms with E-state index in [1.807, 2.05) is 0 Å². The van der Waals surface area contributed by atoms with Crippen LogP contribution in [0.4, 0.5) is 13.2 Å². The summed E-state index contributed by atoms with van der Waals surface area (Å²) in [6.45, 7) is -1.04. The molecule has 1 aromatic carbocycles. The molecule has 0 aliphatic rings. The third-order valence-electron chi connectivity index (χ3n) is 2.26. The van der Waals surface area contributed by atoms with Crippen molar-refractivity contribution in [3.8, 4) is 0 Å². The molecular weight excluding hydrogens is 267 g/mol. The largest absolute Gasteiger partial charge is 0.480 e. The molecule has 0 bridgehead atoms. The van der Waals surface area contributed by atoms with Crippen molar-refractivity contribution in [1.29, 1.82) is 0 Å². The fraction of sp³-hybridized carbons (Fsp3) is 0.273. The minimum atomic E-state index is -4.11. The number of aliphatic hydroxyl groups excluding tert-OH is 1. The monoisotopic (exact) mass is 277 g/mol.